The SMILES string of the molecule is Cc1ncnc(N(C)CC2CCCN2C(=O)C2(C)CNC(=O)C2)c1C#N. The van der Waals surface area contributed by atoms with Crippen LogP contribution in [-0.4, -0.2) is 59.4 Å². The van der Waals surface area contributed by atoms with Crippen molar-refractivity contribution < 1.29 is 9.59 Å². The molecule has 138 valence electrons. The molecule has 0 aliphatic carbocycles. The lowest BCUT2D eigenvalue weighted by Gasteiger charge is -2.34. The van der Waals surface area contributed by atoms with Gasteiger partial charge in [-0.15, -0.1) is 0 Å². The highest BCUT2D eigenvalue weighted by atomic mass is 16.2. The molecule has 0 saturated carbocycles. The quantitative estimate of drug-likeness (QED) is 0.848. The van der Waals surface area contributed by atoms with Gasteiger partial charge in [0.05, 0.1) is 11.1 Å². The molecule has 0 spiro atoms. The predicted octanol–water partition coefficient (Wildman–Crippen LogP) is 0.610. The van der Waals surface area contributed by atoms with E-state index in [4.69, 9.17) is 0 Å². The molecule has 0 radical (unpaired) electrons. The predicted molar refractivity (Wildman–Crippen MR) is 95.2 cm³/mol. The minimum atomic E-state index is -0.665. The van der Waals surface area contributed by atoms with Gasteiger partial charge in [0.25, 0.3) is 0 Å². The Morgan fingerprint density at radius 2 is 2.31 bits per heavy atom. The van der Waals surface area contributed by atoms with Gasteiger partial charge in [-0.25, -0.2) is 9.97 Å². The van der Waals surface area contributed by atoms with E-state index in [9.17, 15) is 14.9 Å². The van der Waals surface area contributed by atoms with Crippen molar-refractivity contribution in [2.45, 2.75) is 39.2 Å². The summed E-state index contributed by atoms with van der Waals surface area (Å²) < 4.78 is 0. The molecule has 8 nitrogen and oxygen atoms in total. The van der Waals surface area contributed by atoms with Gasteiger partial charge in [-0.05, 0) is 26.7 Å². The lowest BCUT2D eigenvalue weighted by Crippen LogP contribution is -2.49. The van der Waals surface area contributed by atoms with E-state index in [0.29, 0.717) is 36.7 Å². The highest BCUT2D eigenvalue weighted by molar-refractivity contribution is 5.92. The van der Waals surface area contributed by atoms with Crippen LogP contribution in [0.3, 0.4) is 0 Å². The second-order valence-electron chi connectivity index (χ2n) is 7.46. The third-order valence-electron chi connectivity index (χ3n) is 5.36. The average Bonchev–Trinajstić information content (AvgIpc) is 3.20. The minimum Gasteiger partial charge on any atom is -0.356 e. The van der Waals surface area contributed by atoms with E-state index in [0.717, 1.165) is 12.8 Å². The first kappa shape index (κ1) is 18.1. The molecule has 2 aliphatic rings. The number of amides is 2. The maximum absolute atomic E-state index is 13.1. The number of hydrogen-bond acceptors (Lipinski definition) is 6. The van der Waals surface area contributed by atoms with Crippen LogP contribution >= 0.6 is 0 Å². The number of likely N-dealkylation sites (tertiary alicyclic amines) is 1. The van der Waals surface area contributed by atoms with Crippen LogP contribution in [-0.2, 0) is 9.59 Å². The van der Waals surface area contributed by atoms with Crippen LogP contribution in [0.15, 0.2) is 6.33 Å². The molecule has 3 rings (SSSR count). The Balaban J connectivity index is 1.75. The summed E-state index contributed by atoms with van der Waals surface area (Å²) in [7, 11) is 1.88. The molecular formula is C18H24N6O2. The van der Waals surface area contributed by atoms with Crippen molar-refractivity contribution in [2.24, 2.45) is 5.41 Å². The van der Waals surface area contributed by atoms with E-state index in [1.54, 1.807) is 6.92 Å². The number of nitriles is 1. The Kier molecular flexibility index (Phi) is 4.81. The van der Waals surface area contributed by atoms with Crippen molar-refractivity contribution in [2.75, 3.05) is 31.6 Å². The van der Waals surface area contributed by atoms with Gasteiger partial charge in [0.2, 0.25) is 11.8 Å². The number of nitrogens with one attached hydrogen (secondary N) is 1. The molecule has 26 heavy (non-hydrogen) atoms. The van der Waals surface area contributed by atoms with Gasteiger partial charge in [-0.2, -0.15) is 5.26 Å². The summed E-state index contributed by atoms with van der Waals surface area (Å²) in [4.78, 5) is 36.8. The van der Waals surface area contributed by atoms with Gasteiger partial charge >= 0.3 is 0 Å². The summed E-state index contributed by atoms with van der Waals surface area (Å²) in [6.07, 6.45) is 3.54. The van der Waals surface area contributed by atoms with Crippen LogP contribution in [0.5, 0.6) is 0 Å². The fourth-order valence-corrected chi connectivity index (χ4v) is 3.85. The van der Waals surface area contributed by atoms with Crippen LogP contribution in [0.25, 0.3) is 0 Å². The molecule has 1 aromatic rings. The second kappa shape index (κ2) is 6.90. The number of anilines is 1. The lowest BCUT2D eigenvalue weighted by atomic mass is 9.87. The first-order valence-corrected chi connectivity index (χ1v) is 8.86. The monoisotopic (exact) mass is 356 g/mol. The topological polar surface area (TPSA) is 102 Å². The van der Waals surface area contributed by atoms with Gasteiger partial charge < -0.3 is 15.1 Å². The first-order valence-electron chi connectivity index (χ1n) is 8.86. The number of carbonyl (C=O) groups excluding carboxylic acids is 2. The van der Waals surface area contributed by atoms with Gasteiger partial charge in [0.15, 0.2) is 0 Å². The number of hydrogen-bond donors (Lipinski definition) is 1. The Labute approximate surface area is 153 Å². The Bertz CT molecular complexity index is 773. The summed E-state index contributed by atoms with van der Waals surface area (Å²) in [6, 6.07) is 2.21. The third kappa shape index (κ3) is 3.21. The molecule has 2 atom stereocenters. The van der Waals surface area contributed by atoms with Crippen LogP contribution in [0.1, 0.15) is 37.4 Å². The van der Waals surface area contributed by atoms with Crippen molar-refractivity contribution in [3.63, 3.8) is 0 Å². The summed E-state index contributed by atoms with van der Waals surface area (Å²) in [5.74, 6) is 0.554. The maximum atomic E-state index is 13.1. The second-order valence-corrected chi connectivity index (χ2v) is 7.46. The van der Waals surface area contributed by atoms with E-state index < -0.39 is 5.41 Å². The smallest absolute Gasteiger partial charge is 0.231 e. The zero-order valence-corrected chi connectivity index (χ0v) is 15.4. The van der Waals surface area contributed by atoms with E-state index in [2.05, 4.69) is 21.4 Å². The molecule has 2 amide bonds. The van der Waals surface area contributed by atoms with Gasteiger partial charge in [-0.1, -0.05) is 0 Å². The van der Waals surface area contributed by atoms with Gasteiger partial charge in [0.1, 0.15) is 23.8 Å². The molecule has 2 fully saturated rings. The fraction of sp³-hybridized carbons (Fsp3) is 0.611. The van der Waals surface area contributed by atoms with Gasteiger partial charge in [-0.3, -0.25) is 9.59 Å². The normalized spacial score (nSPS) is 25.1. The molecule has 2 saturated heterocycles. The van der Waals surface area contributed by atoms with E-state index >= 15 is 0 Å². The van der Waals surface area contributed by atoms with E-state index in [1.807, 2.05) is 23.8 Å². The highest BCUT2D eigenvalue weighted by Gasteiger charge is 2.45. The number of rotatable bonds is 4. The maximum Gasteiger partial charge on any atom is 0.231 e. The number of aromatic nitrogens is 2. The minimum absolute atomic E-state index is 0.0334. The number of likely N-dealkylation sites (N-methyl/N-ethyl adjacent to an activating group) is 1. The van der Waals surface area contributed by atoms with E-state index in [-0.39, 0.29) is 24.3 Å². The lowest BCUT2D eigenvalue weighted by molar-refractivity contribution is -0.141. The van der Waals surface area contributed by atoms with E-state index in [1.165, 1.54) is 6.33 Å². The Morgan fingerprint density at radius 1 is 1.54 bits per heavy atom. The van der Waals surface area contributed by atoms with Crippen molar-refractivity contribution in [3.05, 3.63) is 17.6 Å². The molecular weight excluding hydrogens is 332 g/mol. The van der Waals surface area contributed by atoms with Crippen LogP contribution in [0.4, 0.5) is 5.82 Å². The molecule has 0 aromatic carbocycles. The Hall–Kier alpha value is -2.69. The van der Waals surface area contributed by atoms with Crippen LogP contribution in [0.2, 0.25) is 0 Å². The van der Waals surface area contributed by atoms with Gasteiger partial charge in [0, 0.05) is 39.1 Å². The Morgan fingerprint density at radius 3 is 2.96 bits per heavy atom. The van der Waals surface area contributed by atoms with Crippen molar-refractivity contribution in [1.82, 2.24) is 20.2 Å². The number of aryl methyl sites for hydroxylation is 1. The summed E-state index contributed by atoms with van der Waals surface area (Å²) in [6.45, 7) is 5.33. The zero-order chi connectivity index (χ0) is 18.9. The molecule has 2 unspecified atom stereocenters. The summed E-state index contributed by atoms with van der Waals surface area (Å²) >= 11 is 0. The first-order chi connectivity index (χ1) is 12.4. The molecule has 1 N–H and O–H groups in total. The molecule has 1 aromatic heterocycles. The van der Waals surface area contributed by atoms with Crippen molar-refractivity contribution >= 4 is 17.6 Å². The number of nitrogens with zero attached hydrogens (tertiary/aromatic N) is 5. The standard InChI is InChI=1S/C18H24N6O2/c1-12-14(8-19)16(22-11-21-12)23(3)9-13-5-4-6-24(13)17(26)18(2)7-15(25)20-10-18/h11,13H,4-7,9-10H2,1-3H3,(H,20,25). The molecule has 3 heterocycles. The van der Waals surface area contributed by atoms with Crippen LogP contribution in [0, 0.1) is 23.7 Å². The zero-order valence-electron chi connectivity index (χ0n) is 15.4. The largest absolute Gasteiger partial charge is 0.356 e. The third-order valence-corrected chi connectivity index (χ3v) is 5.36. The fourth-order valence-electron chi connectivity index (χ4n) is 3.85. The average molecular weight is 356 g/mol. The summed E-state index contributed by atoms with van der Waals surface area (Å²) in [5, 5.41) is 12.2. The van der Waals surface area contributed by atoms with Crippen molar-refractivity contribution in [3.8, 4) is 6.07 Å². The highest BCUT2D eigenvalue weighted by Crippen LogP contribution is 2.32. The number of carbonyl (C=O) groups is 2. The summed E-state index contributed by atoms with van der Waals surface area (Å²) in [5.41, 5.74) is 0.442. The van der Waals surface area contributed by atoms with Crippen LogP contribution < -0.4 is 10.2 Å². The molecule has 2 aliphatic heterocycles. The molecule has 8 heteroatoms. The van der Waals surface area contributed by atoms with Crippen molar-refractivity contribution in [1.29, 1.82) is 5.26 Å². The molecule has 0 bridgehead atoms.